The van der Waals surface area contributed by atoms with Crippen LogP contribution in [0.25, 0.3) is 45.9 Å². The van der Waals surface area contributed by atoms with Gasteiger partial charge in [0.15, 0.2) is 33.3 Å². The van der Waals surface area contributed by atoms with Crippen LogP contribution in [0.2, 0.25) is 10.3 Å². The summed E-state index contributed by atoms with van der Waals surface area (Å²) in [6, 6.07) is 16.7. The summed E-state index contributed by atoms with van der Waals surface area (Å²) in [5.41, 5.74) is 2.27. The molecular formula is C24H10Cl8N2O3. The van der Waals surface area contributed by atoms with Crippen molar-refractivity contribution < 1.29 is 13.3 Å². The first-order chi connectivity index (χ1) is 17.4. The third-order valence-corrected chi connectivity index (χ3v) is 6.97. The fourth-order valence-corrected chi connectivity index (χ4v) is 4.56. The van der Waals surface area contributed by atoms with Gasteiger partial charge in [-0.2, -0.15) is 9.97 Å². The largest absolute Gasteiger partial charge is 0.446 e. The van der Waals surface area contributed by atoms with Crippen molar-refractivity contribution in [3.63, 3.8) is 0 Å². The highest BCUT2D eigenvalue weighted by Crippen LogP contribution is 2.42. The van der Waals surface area contributed by atoms with E-state index in [9.17, 15) is 0 Å². The lowest BCUT2D eigenvalue weighted by Crippen LogP contribution is -1.98. The molecule has 0 aliphatic heterocycles. The number of aromatic nitrogens is 2. The van der Waals surface area contributed by atoms with Crippen molar-refractivity contribution >= 4 is 92.8 Å². The molecule has 3 heterocycles. The van der Waals surface area contributed by atoms with E-state index in [4.69, 9.17) is 106 Å². The summed E-state index contributed by atoms with van der Waals surface area (Å²) in [6.45, 7) is 0. The Morgan fingerprint density at radius 1 is 0.486 bits per heavy atom. The van der Waals surface area contributed by atoms with Crippen LogP contribution in [0.15, 0.2) is 73.9 Å². The van der Waals surface area contributed by atoms with Crippen molar-refractivity contribution in [2.45, 2.75) is 7.59 Å². The molecule has 5 aromatic rings. The molecule has 13 heteroatoms. The summed E-state index contributed by atoms with van der Waals surface area (Å²) < 4.78 is 14.5. The van der Waals surface area contributed by atoms with Gasteiger partial charge in [0, 0.05) is 22.3 Å². The second kappa shape index (κ2) is 10.2. The first kappa shape index (κ1) is 27.0. The summed E-state index contributed by atoms with van der Waals surface area (Å²) in [6.07, 6.45) is 0. The van der Waals surface area contributed by atoms with Crippen LogP contribution < -0.4 is 0 Å². The van der Waals surface area contributed by atoms with Gasteiger partial charge in [0.25, 0.3) is 11.8 Å². The smallest absolute Gasteiger partial charge is 0.264 e. The van der Waals surface area contributed by atoms with Crippen LogP contribution in [-0.4, -0.2) is 9.97 Å². The Bertz CT molecular complexity index is 1440. The van der Waals surface area contributed by atoms with Gasteiger partial charge in [-0.1, -0.05) is 141 Å². The average molecular weight is 658 g/mol. The molecule has 0 radical (unpaired) electrons. The molecule has 0 bridgehead atoms. The SMILES string of the molecule is Clc1nc(-c2ccc(-c3nc(Cl)c(-c4ccc(C(Cl)(Cl)Cl)cc4)o3)o2)oc1-c1ccc(C(Cl)(Cl)Cl)cc1. The number of hydrogen-bond acceptors (Lipinski definition) is 5. The van der Waals surface area contributed by atoms with Crippen molar-refractivity contribution in [2.75, 3.05) is 0 Å². The maximum Gasteiger partial charge on any atom is 0.264 e. The minimum atomic E-state index is -1.55. The van der Waals surface area contributed by atoms with Gasteiger partial charge in [0.1, 0.15) is 0 Å². The molecule has 3 aromatic heterocycles. The molecule has 0 aliphatic carbocycles. The zero-order valence-electron chi connectivity index (χ0n) is 17.9. The normalized spacial score (nSPS) is 12.3. The van der Waals surface area contributed by atoms with Crippen molar-refractivity contribution in [1.29, 1.82) is 0 Å². The Kier molecular flexibility index (Phi) is 7.47. The Hall–Kier alpha value is -1.54. The number of rotatable bonds is 4. The minimum Gasteiger partial charge on any atom is -0.446 e. The fraction of sp³-hybridized carbons (Fsp3) is 0.0833. The molecule has 37 heavy (non-hydrogen) atoms. The minimum absolute atomic E-state index is 0.134. The zero-order chi connectivity index (χ0) is 26.5. The maximum absolute atomic E-state index is 6.32. The molecule has 5 nitrogen and oxygen atoms in total. The first-order valence-electron chi connectivity index (χ1n) is 10.2. The van der Waals surface area contributed by atoms with Gasteiger partial charge < -0.3 is 13.3 Å². The summed E-state index contributed by atoms with van der Waals surface area (Å²) >= 11 is 48.1. The lowest BCUT2D eigenvalue weighted by atomic mass is 10.1. The third kappa shape index (κ3) is 5.75. The molecule has 0 aliphatic rings. The molecule has 0 saturated carbocycles. The molecule has 0 unspecified atom stereocenters. The standard InChI is InChI=1S/C24H10Cl8N2O3/c25-19-17(11-1-5-13(6-2-11)23(27,28)29)36-21(33-19)15-9-10-16(35-15)22-34-20(26)18(37-22)12-3-7-14(8-4-12)24(30,31)32/h1-10H. The molecular weight excluding hydrogens is 648 g/mol. The van der Waals surface area contributed by atoms with E-state index in [2.05, 4.69) is 9.97 Å². The molecule has 0 fully saturated rings. The summed E-state index contributed by atoms with van der Waals surface area (Å²) in [7, 11) is 0. The van der Waals surface area contributed by atoms with E-state index >= 15 is 0 Å². The van der Waals surface area contributed by atoms with Gasteiger partial charge in [0.2, 0.25) is 7.59 Å². The van der Waals surface area contributed by atoms with Crippen LogP contribution in [0.1, 0.15) is 11.1 Å². The predicted octanol–water partition coefficient (Wildman–Crippen LogP) is 10.9. The van der Waals surface area contributed by atoms with Crippen molar-refractivity contribution in [3.8, 4) is 45.9 Å². The molecule has 190 valence electrons. The Balaban J connectivity index is 1.40. The number of oxazole rings is 2. The highest BCUT2D eigenvalue weighted by atomic mass is 35.6. The molecule has 0 atom stereocenters. The van der Waals surface area contributed by atoms with E-state index in [1.807, 2.05) is 0 Å². The van der Waals surface area contributed by atoms with E-state index in [1.54, 1.807) is 60.7 Å². The number of nitrogens with zero attached hydrogens (tertiary/aromatic N) is 2. The van der Waals surface area contributed by atoms with Crippen molar-refractivity contribution in [1.82, 2.24) is 9.97 Å². The van der Waals surface area contributed by atoms with E-state index in [-0.39, 0.29) is 22.1 Å². The van der Waals surface area contributed by atoms with Crippen LogP contribution >= 0.6 is 92.8 Å². The Labute approximate surface area is 250 Å². The Morgan fingerprint density at radius 2 is 0.838 bits per heavy atom. The van der Waals surface area contributed by atoms with Crippen LogP contribution in [0, 0.1) is 0 Å². The fourth-order valence-electron chi connectivity index (χ4n) is 3.36. The van der Waals surface area contributed by atoms with Gasteiger partial charge in [-0.3, -0.25) is 0 Å². The summed E-state index contributed by atoms with van der Waals surface area (Å²) in [5.74, 6) is 1.54. The quantitative estimate of drug-likeness (QED) is 0.180. The van der Waals surface area contributed by atoms with E-state index in [0.29, 0.717) is 45.3 Å². The number of halogens is 8. The molecule has 0 saturated heterocycles. The average Bonchev–Trinajstić information content (AvgIpc) is 3.56. The first-order valence-corrected chi connectivity index (χ1v) is 13.2. The molecule has 5 rings (SSSR count). The maximum atomic E-state index is 6.32. The second-order valence-electron chi connectivity index (χ2n) is 7.59. The number of benzene rings is 2. The Morgan fingerprint density at radius 3 is 1.16 bits per heavy atom. The zero-order valence-corrected chi connectivity index (χ0v) is 24.0. The van der Waals surface area contributed by atoms with Gasteiger partial charge in [-0.25, -0.2) is 0 Å². The monoisotopic (exact) mass is 654 g/mol. The molecule has 0 N–H and O–H groups in total. The summed E-state index contributed by atoms with van der Waals surface area (Å²) in [4.78, 5) is 8.50. The lowest BCUT2D eigenvalue weighted by molar-refractivity contribution is 0.507. The predicted molar refractivity (Wildman–Crippen MR) is 149 cm³/mol. The van der Waals surface area contributed by atoms with Crippen molar-refractivity contribution in [2.24, 2.45) is 0 Å². The van der Waals surface area contributed by atoms with Crippen LogP contribution in [0.4, 0.5) is 0 Å². The van der Waals surface area contributed by atoms with Crippen LogP contribution in [0.3, 0.4) is 0 Å². The van der Waals surface area contributed by atoms with Crippen LogP contribution in [-0.2, 0) is 7.59 Å². The third-order valence-electron chi connectivity index (χ3n) is 5.15. The van der Waals surface area contributed by atoms with Gasteiger partial charge >= 0.3 is 0 Å². The second-order valence-corrected chi connectivity index (χ2v) is 12.9. The molecule has 0 spiro atoms. The highest BCUT2D eigenvalue weighted by molar-refractivity contribution is 6.67. The van der Waals surface area contributed by atoms with Crippen molar-refractivity contribution in [3.05, 3.63) is 82.1 Å². The van der Waals surface area contributed by atoms with Gasteiger partial charge in [0.05, 0.1) is 0 Å². The molecule has 0 amide bonds. The highest BCUT2D eigenvalue weighted by Gasteiger charge is 2.25. The lowest BCUT2D eigenvalue weighted by Gasteiger charge is -2.10. The number of alkyl halides is 6. The number of furan rings is 1. The van der Waals surface area contributed by atoms with E-state index < -0.39 is 7.59 Å². The van der Waals surface area contributed by atoms with Crippen LogP contribution in [0.5, 0.6) is 0 Å². The topological polar surface area (TPSA) is 65.2 Å². The molecule has 2 aromatic carbocycles. The van der Waals surface area contributed by atoms with E-state index in [1.165, 1.54) is 0 Å². The number of hydrogen-bond donors (Lipinski definition) is 0. The summed E-state index contributed by atoms with van der Waals surface area (Å²) in [5, 5.41) is 0.267. The van der Waals surface area contributed by atoms with Gasteiger partial charge in [-0.15, -0.1) is 0 Å². The van der Waals surface area contributed by atoms with E-state index in [0.717, 1.165) is 0 Å². The van der Waals surface area contributed by atoms with Gasteiger partial charge in [-0.05, 0) is 12.1 Å².